The summed E-state index contributed by atoms with van der Waals surface area (Å²) in [7, 11) is 1.60. The second-order valence-corrected chi connectivity index (χ2v) is 5.15. The molecule has 6 heteroatoms. The van der Waals surface area contributed by atoms with Gasteiger partial charge in [-0.2, -0.15) is 0 Å². The lowest BCUT2D eigenvalue weighted by atomic mass is 10.3. The number of aromatic nitrogens is 1. The van der Waals surface area contributed by atoms with Crippen LogP contribution in [0.5, 0.6) is 5.75 Å². The van der Waals surface area contributed by atoms with Crippen molar-refractivity contribution < 1.29 is 4.74 Å². The molecule has 2 aromatic rings. The number of ether oxygens (including phenoxy) is 1. The van der Waals surface area contributed by atoms with Crippen molar-refractivity contribution >= 4 is 50.6 Å². The highest BCUT2D eigenvalue weighted by molar-refractivity contribution is 9.10. The third-order valence-electron chi connectivity index (χ3n) is 2.23. The van der Waals surface area contributed by atoms with Gasteiger partial charge in [-0.15, -0.1) is 0 Å². The number of hydrogen-bond donors (Lipinski definition) is 1. The molecule has 1 N–H and O–H groups in total. The summed E-state index contributed by atoms with van der Waals surface area (Å²) in [6.07, 6.45) is 1.56. The summed E-state index contributed by atoms with van der Waals surface area (Å²) in [5.74, 6) is 1.35. The highest BCUT2D eigenvalue weighted by Gasteiger charge is 2.07. The van der Waals surface area contributed by atoms with Crippen LogP contribution in [0, 0.1) is 0 Å². The fourth-order valence-electron chi connectivity index (χ4n) is 1.36. The predicted molar refractivity (Wildman–Crippen MR) is 78.2 cm³/mol. The Labute approximate surface area is 123 Å². The summed E-state index contributed by atoms with van der Waals surface area (Å²) in [4.78, 5) is 4.18. The van der Waals surface area contributed by atoms with Crippen molar-refractivity contribution in [1.82, 2.24) is 4.98 Å². The largest absolute Gasteiger partial charge is 0.497 e. The summed E-state index contributed by atoms with van der Waals surface area (Å²) in [5.41, 5.74) is 0.714. The van der Waals surface area contributed by atoms with Crippen molar-refractivity contribution in [3.8, 4) is 5.75 Å². The van der Waals surface area contributed by atoms with Crippen molar-refractivity contribution in [3.63, 3.8) is 0 Å². The van der Waals surface area contributed by atoms with Gasteiger partial charge in [0, 0.05) is 12.3 Å². The topological polar surface area (TPSA) is 34.1 Å². The number of nitrogens with zero attached hydrogens (tertiary/aromatic N) is 1. The number of methoxy groups -OCH3 is 1. The predicted octanol–water partition coefficient (Wildman–Crippen LogP) is 4.90. The van der Waals surface area contributed by atoms with Gasteiger partial charge in [-0.05, 0) is 34.1 Å². The van der Waals surface area contributed by atoms with Gasteiger partial charge in [-0.25, -0.2) is 4.98 Å². The first-order valence-corrected chi connectivity index (χ1v) is 6.56. The smallest absolute Gasteiger partial charge is 0.144 e. The van der Waals surface area contributed by atoms with Gasteiger partial charge in [0.25, 0.3) is 0 Å². The lowest BCUT2D eigenvalue weighted by molar-refractivity contribution is 0.415. The average molecular weight is 348 g/mol. The second-order valence-electron chi connectivity index (χ2n) is 3.45. The zero-order valence-electron chi connectivity index (χ0n) is 9.38. The monoisotopic (exact) mass is 346 g/mol. The molecular formula is C12H9BrCl2N2O. The zero-order valence-corrected chi connectivity index (χ0v) is 12.5. The highest BCUT2D eigenvalue weighted by Crippen LogP contribution is 2.32. The van der Waals surface area contributed by atoms with Crippen LogP contribution in [0.1, 0.15) is 0 Å². The molecule has 0 aliphatic heterocycles. The van der Waals surface area contributed by atoms with Crippen molar-refractivity contribution in [1.29, 1.82) is 0 Å². The first kappa shape index (κ1) is 13.5. The van der Waals surface area contributed by atoms with Gasteiger partial charge in [0.05, 0.1) is 27.3 Å². The summed E-state index contributed by atoms with van der Waals surface area (Å²) in [5, 5.41) is 4.26. The molecule has 0 aliphatic rings. The lowest BCUT2D eigenvalue weighted by Crippen LogP contribution is -1.96. The number of pyridine rings is 1. The third-order valence-corrected chi connectivity index (χ3v) is 3.38. The Kier molecular flexibility index (Phi) is 4.32. The van der Waals surface area contributed by atoms with E-state index in [1.807, 2.05) is 0 Å². The van der Waals surface area contributed by atoms with Gasteiger partial charge >= 0.3 is 0 Å². The molecular weight excluding hydrogens is 339 g/mol. The van der Waals surface area contributed by atoms with Crippen molar-refractivity contribution in [3.05, 3.63) is 45.0 Å². The van der Waals surface area contributed by atoms with Crippen LogP contribution in [-0.2, 0) is 0 Å². The Bertz CT molecular complexity index is 578. The minimum atomic E-state index is 0.559. The standard InChI is InChI=1S/C12H9BrCl2N2O/c1-18-8-2-3-10(15)11(5-8)17-12-9(13)4-7(14)6-16-12/h2-6H,1H3,(H,16,17). The van der Waals surface area contributed by atoms with Crippen LogP contribution < -0.4 is 10.1 Å². The maximum Gasteiger partial charge on any atom is 0.144 e. The van der Waals surface area contributed by atoms with Gasteiger partial charge in [0.1, 0.15) is 11.6 Å². The first-order chi connectivity index (χ1) is 8.60. The van der Waals surface area contributed by atoms with E-state index < -0.39 is 0 Å². The van der Waals surface area contributed by atoms with Crippen LogP contribution >= 0.6 is 39.1 Å². The van der Waals surface area contributed by atoms with Crippen LogP contribution in [-0.4, -0.2) is 12.1 Å². The number of nitrogens with one attached hydrogen (secondary N) is 1. The second kappa shape index (κ2) is 5.78. The number of halogens is 3. The summed E-state index contributed by atoms with van der Waals surface area (Å²) >= 11 is 15.3. The molecule has 0 saturated heterocycles. The molecule has 0 unspecified atom stereocenters. The number of hydrogen-bond acceptors (Lipinski definition) is 3. The van der Waals surface area contributed by atoms with Crippen molar-refractivity contribution in [2.45, 2.75) is 0 Å². The van der Waals surface area contributed by atoms with Crippen molar-refractivity contribution in [2.24, 2.45) is 0 Å². The maximum absolute atomic E-state index is 6.10. The summed E-state index contributed by atoms with van der Waals surface area (Å²) in [6, 6.07) is 7.10. The number of benzene rings is 1. The number of anilines is 2. The van der Waals surface area contributed by atoms with Crippen LogP contribution in [0.3, 0.4) is 0 Å². The maximum atomic E-state index is 6.10. The van der Waals surface area contributed by atoms with E-state index in [0.29, 0.717) is 27.3 Å². The summed E-state index contributed by atoms with van der Waals surface area (Å²) < 4.78 is 5.90. The Hall–Kier alpha value is -0.970. The van der Waals surface area contributed by atoms with Crippen LogP contribution in [0.2, 0.25) is 10.0 Å². The molecule has 94 valence electrons. The molecule has 18 heavy (non-hydrogen) atoms. The molecule has 0 spiro atoms. The first-order valence-electron chi connectivity index (χ1n) is 5.02. The van der Waals surface area contributed by atoms with E-state index >= 15 is 0 Å². The highest BCUT2D eigenvalue weighted by atomic mass is 79.9. The molecule has 3 nitrogen and oxygen atoms in total. The van der Waals surface area contributed by atoms with Crippen LogP contribution in [0.15, 0.2) is 34.9 Å². The lowest BCUT2D eigenvalue weighted by Gasteiger charge is -2.10. The molecule has 2 rings (SSSR count). The molecule has 0 radical (unpaired) electrons. The number of rotatable bonds is 3. The van der Waals surface area contributed by atoms with Gasteiger partial charge < -0.3 is 10.1 Å². The Balaban J connectivity index is 2.33. The van der Waals surface area contributed by atoms with E-state index in [-0.39, 0.29) is 0 Å². The Morgan fingerprint density at radius 3 is 2.72 bits per heavy atom. The average Bonchev–Trinajstić information content (AvgIpc) is 2.35. The van der Waals surface area contributed by atoms with Gasteiger partial charge in [0.2, 0.25) is 0 Å². The Morgan fingerprint density at radius 2 is 2.06 bits per heavy atom. The quantitative estimate of drug-likeness (QED) is 0.857. The molecule has 0 saturated carbocycles. The molecule has 0 atom stereocenters. The molecule has 0 fully saturated rings. The van der Waals surface area contributed by atoms with Gasteiger partial charge in [-0.3, -0.25) is 0 Å². The van der Waals surface area contributed by atoms with E-state index in [4.69, 9.17) is 27.9 Å². The fourth-order valence-corrected chi connectivity index (χ4v) is 2.26. The van der Waals surface area contributed by atoms with E-state index in [9.17, 15) is 0 Å². The molecule has 0 bridgehead atoms. The van der Waals surface area contributed by atoms with Crippen LogP contribution in [0.25, 0.3) is 0 Å². The van der Waals surface area contributed by atoms with E-state index in [1.54, 1.807) is 37.6 Å². The normalized spacial score (nSPS) is 10.2. The molecule has 1 aromatic heterocycles. The fraction of sp³-hybridized carbons (Fsp3) is 0.0833. The van der Waals surface area contributed by atoms with Gasteiger partial charge in [0.15, 0.2) is 0 Å². The van der Waals surface area contributed by atoms with Crippen LogP contribution in [0.4, 0.5) is 11.5 Å². The van der Waals surface area contributed by atoms with Gasteiger partial charge in [-0.1, -0.05) is 23.2 Å². The molecule has 0 amide bonds. The molecule has 0 aliphatic carbocycles. The van der Waals surface area contributed by atoms with E-state index in [2.05, 4.69) is 26.2 Å². The zero-order chi connectivity index (χ0) is 13.1. The third kappa shape index (κ3) is 3.07. The molecule has 1 aromatic carbocycles. The van der Waals surface area contributed by atoms with E-state index in [1.165, 1.54) is 0 Å². The SMILES string of the molecule is COc1ccc(Cl)c(Nc2ncc(Cl)cc2Br)c1. The molecule has 1 heterocycles. The minimum Gasteiger partial charge on any atom is -0.497 e. The van der Waals surface area contributed by atoms with E-state index in [0.717, 1.165) is 4.47 Å². The van der Waals surface area contributed by atoms with Crippen molar-refractivity contribution in [2.75, 3.05) is 12.4 Å². The summed E-state index contributed by atoms with van der Waals surface area (Å²) in [6.45, 7) is 0. The minimum absolute atomic E-state index is 0.559. The Morgan fingerprint density at radius 1 is 1.28 bits per heavy atom.